The Morgan fingerprint density at radius 2 is 2.29 bits per heavy atom. The van der Waals surface area contributed by atoms with E-state index in [1.165, 1.54) is 6.20 Å². The maximum atomic E-state index is 12.0. The predicted molar refractivity (Wildman–Crippen MR) is 68.8 cm³/mol. The van der Waals surface area contributed by atoms with E-state index in [0.29, 0.717) is 17.9 Å². The number of nitrogen functional groups attached to an aromatic ring is 1. The predicted octanol–water partition coefficient (Wildman–Crippen LogP) is 1.79. The third-order valence-electron chi connectivity index (χ3n) is 2.75. The summed E-state index contributed by atoms with van der Waals surface area (Å²) in [6.45, 7) is 6.72. The van der Waals surface area contributed by atoms with Crippen molar-refractivity contribution in [3.63, 3.8) is 0 Å². The van der Waals surface area contributed by atoms with Crippen LogP contribution in [0.4, 0.5) is 5.69 Å². The first kappa shape index (κ1) is 13.5. The largest absolute Gasteiger partial charge is 0.396 e. The second-order valence-electron chi connectivity index (χ2n) is 4.28. The Kier molecular flexibility index (Phi) is 5.00. The Labute approximate surface area is 102 Å². The van der Waals surface area contributed by atoms with Crippen molar-refractivity contribution in [2.24, 2.45) is 0 Å². The minimum atomic E-state index is -0.134. The maximum Gasteiger partial charge on any atom is 0.271 e. The average Bonchev–Trinajstić information content (AvgIpc) is 2.67. The molecule has 1 aromatic heterocycles. The zero-order valence-electron chi connectivity index (χ0n) is 10.9. The van der Waals surface area contributed by atoms with Crippen LogP contribution in [0.3, 0.4) is 0 Å². The van der Waals surface area contributed by atoms with Crippen molar-refractivity contribution < 1.29 is 4.79 Å². The van der Waals surface area contributed by atoms with Crippen LogP contribution in [0.25, 0.3) is 0 Å². The number of unbranched alkanes of at least 4 members (excludes halogenated alkanes) is 1. The van der Waals surface area contributed by atoms with Crippen LogP contribution < -0.4 is 11.1 Å². The number of hydrogen-bond acceptors (Lipinski definition) is 3. The normalized spacial score (nSPS) is 12.4. The van der Waals surface area contributed by atoms with Crippen molar-refractivity contribution in [1.29, 1.82) is 0 Å². The standard InChI is InChI=1S/C12H22N4O/c1-4-6-7-9(3)15-12(17)11-10(13)8-14-16(11)5-2/h8-9H,4-7,13H2,1-3H3,(H,15,17). The Bertz CT molecular complexity index is 373. The number of aromatic nitrogens is 2. The molecule has 0 spiro atoms. The summed E-state index contributed by atoms with van der Waals surface area (Å²) in [4.78, 5) is 12.0. The van der Waals surface area contributed by atoms with Crippen LogP contribution in [-0.4, -0.2) is 21.7 Å². The molecule has 1 rings (SSSR count). The fourth-order valence-corrected chi connectivity index (χ4v) is 1.76. The maximum absolute atomic E-state index is 12.0. The molecule has 17 heavy (non-hydrogen) atoms. The van der Waals surface area contributed by atoms with Gasteiger partial charge < -0.3 is 11.1 Å². The van der Waals surface area contributed by atoms with E-state index in [4.69, 9.17) is 5.73 Å². The molecule has 0 fully saturated rings. The molecule has 1 heterocycles. The van der Waals surface area contributed by atoms with Crippen molar-refractivity contribution in [3.8, 4) is 0 Å². The molecule has 0 bridgehead atoms. The lowest BCUT2D eigenvalue weighted by atomic mass is 10.1. The number of amides is 1. The van der Waals surface area contributed by atoms with Gasteiger partial charge in [-0.25, -0.2) is 0 Å². The van der Waals surface area contributed by atoms with Crippen LogP contribution in [0.1, 0.15) is 50.5 Å². The summed E-state index contributed by atoms with van der Waals surface area (Å²) in [5, 5.41) is 7.01. The lowest BCUT2D eigenvalue weighted by Crippen LogP contribution is -2.34. The molecule has 3 N–H and O–H groups in total. The van der Waals surface area contributed by atoms with Crippen molar-refractivity contribution in [3.05, 3.63) is 11.9 Å². The van der Waals surface area contributed by atoms with Crippen LogP contribution >= 0.6 is 0 Å². The molecule has 96 valence electrons. The minimum absolute atomic E-state index is 0.134. The van der Waals surface area contributed by atoms with Gasteiger partial charge in [-0.05, 0) is 20.3 Å². The van der Waals surface area contributed by atoms with Crippen molar-refractivity contribution >= 4 is 11.6 Å². The zero-order chi connectivity index (χ0) is 12.8. The van der Waals surface area contributed by atoms with Crippen LogP contribution in [0, 0.1) is 0 Å². The molecule has 1 atom stereocenters. The van der Waals surface area contributed by atoms with Crippen LogP contribution in [0.2, 0.25) is 0 Å². The summed E-state index contributed by atoms with van der Waals surface area (Å²) in [6, 6.07) is 0.169. The summed E-state index contributed by atoms with van der Waals surface area (Å²) < 4.78 is 1.62. The van der Waals surface area contributed by atoms with Gasteiger partial charge in [0.1, 0.15) is 5.69 Å². The fraction of sp³-hybridized carbons (Fsp3) is 0.667. The zero-order valence-corrected chi connectivity index (χ0v) is 10.9. The van der Waals surface area contributed by atoms with Crippen molar-refractivity contribution in [2.45, 2.75) is 52.6 Å². The number of carbonyl (C=O) groups is 1. The number of nitrogens with one attached hydrogen (secondary N) is 1. The third kappa shape index (κ3) is 3.47. The van der Waals surface area contributed by atoms with Gasteiger partial charge in [0.15, 0.2) is 0 Å². The van der Waals surface area contributed by atoms with Gasteiger partial charge in [0.25, 0.3) is 5.91 Å². The van der Waals surface area contributed by atoms with E-state index in [9.17, 15) is 4.79 Å². The Hall–Kier alpha value is -1.52. The number of hydrogen-bond donors (Lipinski definition) is 2. The number of nitrogens with two attached hydrogens (primary N) is 1. The van der Waals surface area contributed by atoms with E-state index in [1.807, 2.05) is 13.8 Å². The molecule has 0 aliphatic carbocycles. The first-order valence-corrected chi connectivity index (χ1v) is 6.22. The number of aryl methyl sites for hydroxylation is 1. The highest BCUT2D eigenvalue weighted by atomic mass is 16.2. The Morgan fingerprint density at radius 3 is 2.88 bits per heavy atom. The van der Waals surface area contributed by atoms with Gasteiger partial charge in [0, 0.05) is 12.6 Å². The van der Waals surface area contributed by atoms with E-state index in [-0.39, 0.29) is 11.9 Å². The van der Waals surface area contributed by atoms with Gasteiger partial charge in [-0.2, -0.15) is 5.10 Å². The van der Waals surface area contributed by atoms with Crippen LogP contribution in [0.5, 0.6) is 0 Å². The van der Waals surface area contributed by atoms with Gasteiger partial charge in [-0.15, -0.1) is 0 Å². The minimum Gasteiger partial charge on any atom is -0.396 e. The van der Waals surface area contributed by atoms with Crippen molar-refractivity contribution in [2.75, 3.05) is 5.73 Å². The number of rotatable bonds is 6. The van der Waals surface area contributed by atoms with E-state index in [2.05, 4.69) is 17.3 Å². The number of nitrogens with zero attached hydrogens (tertiary/aromatic N) is 2. The SMILES string of the molecule is CCCCC(C)NC(=O)c1c(N)cnn1CC. The molecule has 5 heteroatoms. The summed E-state index contributed by atoms with van der Waals surface area (Å²) in [6.07, 6.45) is 4.76. The molecule has 0 aliphatic rings. The Balaban J connectivity index is 2.66. The highest BCUT2D eigenvalue weighted by molar-refractivity contribution is 5.97. The van der Waals surface area contributed by atoms with Crippen LogP contribution in [-0.2, 0) is 6.54 Å². The molecule has 0 aromatic carbocycles. The van der Waals surface area contributed by atoms with Gasteiger partial charge >= 0.3 is 0 Å². The van der Waals surface area contributed by atoms with Gasteiger partial charge in [-0.1, -0.05) is 19.8 Å². The second-order valence-corrected chi connectivity index (χ2v) is 4.28. The second kappa shape index (κ2) is 6.27. The van der Waals surface area contributed by atoms with E-state index in [1.54, 1.807) is 4.68 Å². The van der Waals surface area contributed by atoms with Gasteiger partial charge in [0.2, 0.25) is 0 Å². The summed E-state index contributed by atoms with van der Waals surface area (Å²) in [7, 11) is 0. The van der Waals surface area contributed by atoms with Gasteiger partial charge in [-0.3, -0.25) is 9.48 Å². The molecule has 5 nitrogen and oxygen atoms in total. The smallest absolute Gasteiger partial charge is 0.271 e. The summed E-state index contributed by atoms with van der Waals surface area (Å²) in [5.41, 5.74) is 6.65. The molecule has 1 amide bonds. The first-order chi connectivity index (χ1) is 8.10. The molecule has 1 unspecified atom stereocenters. The first-order valence-electron chi connectivity index (χ1n) is 6.22. The molecular weight excluding hydrogens is 216 g/mol. The molecule has 1 aromatic rings. The lowest BCUT2D eigenvalue weighted by Gasteiger charge is -2.14. The number of anilines is 1. The highest BCUT2D eigenvalue weighted by Gasteiger charge is 2.17. The molecule has 0 saturated carbocycles. The quantitative estimate of drug-likeness (QED) is 0.793. The monoisotopic (exact) mass is 238 g/mol. The molecule has 0 saturated heterocycles. The van der Waals surface area contributed by atoms with Crippen molar-refractivity contribution in [1.82, 2.24) is 15.1 Å². The Morgan fingerprint density at radius 1 is 1.59 bits per heavy atom. The van der Waals surface area contributed by atoms with E-state index < -0.39 is 0 Å². The molecule has 0 radical (unpaired) electrons. The lowest BCUT2D eigenvalue weighted by molar-refractivity contribution is 0.0928. The van der Waals surface area contributed by atoms with E-state index >= 15 is 0 Å². The molecular formula is C12H22N4O. The molecule has 0 aliphatic heterocycles. The average molecular weight is 238 g/mol. The van der Waals surface area contributed by atoms with Gasteiger partial charge in [0.05, 0.1) is 11.9 Å². The number of carbonyl (C=O) groups excluding carboxylic acids is 1. The highest BCUT2D eigenvalue weighted by Crippen LogP contribution is 2.11. The fourth-order valence-electron chi connectivity index (χ4n) is 1.76. The third-order valence-corrected chi connectivity index (χ3v) is 2.75. The summed E-state index contributed by atoms with van der Waals surface area (Å²) >= 11 is 0. The van der Waals surface area contributed by atoms with Crippen LogP contribution in [0.15, 0.2) is 6.20 Å². The van der Waals surface area contributed by atoms with E-state index in [0.717, 1.165) is 19.3 Å². The topological polar surface area (TPSA) is 72.9 Å². The summed E-state index contributed by atoms with van der Waals surface area (Å²) in [5.74, 6) is -0.134.